The van der Waals surface area contributed by atoms with E-state index in [2.05, 4.69) is 25.0 Å². The Morgan fingerprint density at radius 3 is 2.66 bits per heavy atom. The first-order chi connectivity index (χ1) is 14.0. The zero-order valence-electron chi connectivity index (χ0n) is 16.4. The molecule has 1 N–H and O–H groups in total. The molecule has 1 aliphatic heterocycles. The summed E-state index contributed by atoms with van der Waals surface area (Å²) in [6.07, 6.45) is 6.01. The first-order valence-electron chi connectivity index (χ1n) is 10.1. The molecule has 156 valence electrons. The van der Waals surface area contributed by atoms with Gasteiger partial charge in [-0.1, -0.05) is 41.0 Å². The minimum atomic E-state index is -0.150. The van der Waals surface area contributed by atoms with Crippen molar-refractivity contribution in [3.05, 3.63) is 33.8 Å². The fourth-order valence-electron chi connectivity index (χ4n) is 3.61. The fourth-order valence-corrected chi connectivity index (χ4v) is 4.73. The molecule has 1 aliphatic carbocycles. The lowest BCUT2D eigenvalue weighted by molar-refractivity contribution is -0.119. The van der Waals surface area contributed by atoms with Gasteiger partial charge in [-0.3, -0.25) is 9.36 Å². The van der Waals surface area contributed by atoms with Crippen LogP contribution in [0.15, 0.2) is 23.4 Å². The van der Waals surface area contributed by atoms with Crippen LogP contribution in [-0.4, -0.2) is 39.5 Å². The van der Waals surface area contributed by atoms with E-state index >= 15 is 0 Å². The molecule has 0 bridgehead atoms. The second kappa shape index (κ2) is 9.14. The zero-order chi connectivity index (χ0) is 20.4. The summed E-state index contributed by atoms with van der Waals surface area (Å²) in [4.78, 5) is 14.8. The van der Waals surface area contributed by atoms with E-state index in [1.165, 1.54) is 31.0 Å². The normalized spacial score (nSPS) is 18.0. The summed E-state index contributed by atoms with van der Waals surface area (Å²) in [5, 5.41) is 13.7. The number of aromatic nitrogens is 3. The van der Waals surface area contributed by atoms with E-state index in [0.29, 0.717) is 21.8 Å². The molecule has 9 heteroatoms. The van der Waals surface area contributed by atoms with Gasteiger partial charge in [0.1, 0.15) is 0 Å². The maximum atomic E-state index is 12.5. The second-order valence-electron chi connectivity index (χ2n) is 7.68. The van der Waals surface area contributed by atoms with Crippen molar-refractivity contribution in [2.45, 2.75) is 56.3 Å². The Labute approximate surface area is 185 Å². The number of carbonyl (C=O) groups is 1. The number of hydrogen-bond donors (Lipinski definition) is 1. The Bertz CT molecular complexity index is 880. The SMILES string of the molecule is CC(NC(=O)CSc1nnc(N2CCCCC2)n1C1CC1)c1ccc(Cl)c(Cl)c1. The molecule has 6 nitrogen and oxygen atoms in total. The lowest BCUT2D eigenvalue weighted by atomic mass is 10.1. The van der Waals surface area contributed by atoms with Gasteiger partial charge in [0.2, 0.25) is 11.9 Å². The van der Waals surface area contributed by atoms with Gasteiger partial charge in [0.25, 0.3) is 0 Å². The molecule has 1 saturated heterocycles. The van der Waals surface area contributed by atoms with Crippen LogP contribution in [0.3, 0.4) is 0 Å². The Balaban J connectivity index is 1.37. The van der Waals surface area contributed by atoms with Gasteiger partial charge >= 0.3 is 0 Å². The highest BCUT2D eigenvalue weighted by molar-refractivity contribution is 7.99. The lowest BCUT2D eigenvalue weighted by Crippen LogP contribution is -2.32. The Kier molecular flexibility index (Phi) is 6.56. The number of rotatable bonds is 7. The number of carbonyl (C=O) groups excluding carboxylic acids is 1. The van der Waals surface area contributed by atoms with E-state index < -0.39 is 0 Å². The van der Waals surface area contributed by atoms with E-state index in [9.17, 15) is 4.79 Å². The van der Waals surface area contributed by atoms with Gasteiger partial charge in [0, 0.05) is 19.1 Å². The van der Waals surface area contributed by atoms with E-state index in [0.717, 1.165) is 42.6 Å². The molecule has 2 aliphatic rings. The monoisotopic (exact) mass is 453 g/mol. The summed E-state index contributed by atoms with van der Waals surface area (Å²) < 4.78 is 2.24. The third-order valence-electron chi connectivity index (χ3n) is 5.35. The van der Waals surface area contributed by atoms with Crippen molar-refractivity contribution < 1.29 is 4.79 Å². The second-order valence-corrected chi connectivity index (χ2v) is 9.44. The fraction of sp³-hybridized carbons (Fsp3) is 0.550. The highest BCUT2D eigenvalue weighted by atomic mass is 35.5. The molecule has 2 aromatic rings. The Hall–Kier alpha value is -1.44. The van der Waals surface area contributed by atoms with Crippen LogP contribution in [0.5, 0.6) is 0 Å². The first-order valence-corrected chi connectivity index (χ1v) is 11.8. The van der Waals surface area contributed by atoms with Crippen LogP contribution >= 0.6 is 35.0 Å². The standard InChI is InChI=1S/C20H25Cl2N5OS/c1-13(14-5-8-16(21)17(22)11-14)23-18(28)12-29-20-25-24-19(27(20)15-6-7-15)26-9-3-2-4-10-26/h5,8,11,13,15H,2-4,6-7,9-10,12H2,1H3,(H,23,28). The molecule has 29 heavy (non-hydrogen) atoms. The number of amides is 1. The zero-order valence-corrected chi connectivity index (χ0v) is 18.7. The van der Waals surface area contributed by atoms with Crippen LogP contribution in [-0.2, 0) is 4.79 Å². The maximum Gasteiger partial charge on any atom is 0.230 e. The highest BCUT2D eigenvalue weighted by Gasteiger charge is 2.32. The summed E-state index contributed by atoms with van der Waals surface area (Å²) in [6, 6.07) is 5.74. The van der Waals surface area contributed by atoms with E-state index in [1.807, 2.05) is 13.0 Å². The van der Waals surface area contributed by atoms with Gasteiger partial charge in [-0.15, -0.1) is 10.2 Å². The molecule has 2 fully saturated rings. The summed E-state index contributed by atoms with van der Waals surface area (Å²) in [5.74, 6) is 1.23. The smallest absolute Gasteiger partial charge is 0.230 e. The van der Waals surface area contributed by atoms with Crippen molar-refractivity contribution >= 4 is 46.8 Å². The number of hydrogen-bond acceptors (Lipinski definition) is 5. The van der Waals surface area contributed by atoms with E-state index in [-0.39, 0.29) is 11.9 Å². The average Bonchev–Trinajstić information content (AvgIpc) is 3.48. The predicted octanol–water partition coefficient (Wildman–Crippen LogP) is 4.88. The van der Waals surface area contributed by atoms with Gasteiger partial charge in [-0.05, 0) is 56.7 Å². The molecule has 2 heterocycles. The molecule has 1 unspecified atom stereocenters. The van der Waals surface area contributed by atoms with Crippen molar-refractivity contribution in [3.8, 4) is 0 Å². The van der Waals surface area contributed by atoms with Crippen LogP contribution in [0.4, 0.5) is 5.95 Å². The number of nitrogens with zero attached hydrogens (tertiary/aromatic N) is 4. The number of benzene rings is 1. The number of piperidine rings is 1. The molecule has 0 radical (unpaired) electrons. The molecule has 1 amide bonds. The minimum Gasteiger partial charge on any atom is -0.349 e. The third kappa shape index (κ3) is 5.01. The quantitative estimate of drug-likeness (QED) is 0.605. The molecular formula is C20H25Cl2N5OS. The Morgan fingerprint density at radius 2 is 1.97 bits per heavy atom. The van der Waals surface area contributed by atoms with Crippen molar-refractivity contribution in [2.75, 3.05) is 23.7 Å². The number of anilines is 1. The number of nitrogens with one attached hydrogen (secondary N) is 1. The highest BCUT2D eigenvalue weighted by Crippen LogP contribution is 2.41. The van der Waals surface area contributed by atoms with Crippen molar-refractivity contribution in [1.29, 1.82) is 0 Å². The van der Waals surface area contributed by atoms with Crippen LogP contribution < -0.4 is 10.2 Å². The van der Waals surface area contributed by atoms with Crippen LogP contribution in [0.2, 0.25) is 10.0 Å². The van der Waals surface area contributed by atoms with Crippen LogP contribution in [0.25, 0.3) is 0 Å². The van der Waals surface area contributed by atoms with E-state index in [4.69, 9.17) is 23.2 Å². The van der Waals surface area contributed by atoms with Gasteiger partial charge in [0.15, 0.2) is 5.16 Å². The topological polar surface area (TPSA) is 63.1 Å². The first kappa shape index (κ1) is 20.8. The molecule has 1 aromatic carbocycles. The van der Waals surface area contributed by atoms with Gasteiger partial charge < -0.3 is 10.2 Å². The molecule has 0 spiro atoms. The van der Waals surface area contributed by atoms with Gasteiger partial charge in [-0.25, -0.2) is 0 Å². The Morgan fingerprint density at radius 1 is 1.21 bits per heavy atom. The summed E-state index contributed by atoms with van der Waals surface area (Å²) in [6.45, 7) is 4.01. The third-order valence-corrected chi connectivity index (χ3v) is 7.03. The summed E-state index contributed by atoms with van der Waals surface area (Å²) in [5.41, 5.74) is 0.922. The average molecular weight is 454 g/mol. The lowest BCUT2D eigenvalue weighted by Gasteiger charge is -2.27. The van der Waals surface area contributed by atoms with Crippen molar-refractivity contribution in [2.24, 2.45) is 0 Å². The summed E-state index contributed by atoms with van der Waals surface area (Å²) >= 11 is 13.5. The number of halogens is 2. The molecule has 1 atom stereocenters. The predicted molar refractivity (Wildman–Crippen MR) is 118 cm³/mol. The minimum absolute atomic E-state index is 0.0431. The molecule has 1 aromatic heterocycles. The largest absolute Gasteiger partial charge is 0.349 e. The van der Waals surface area contributed by atoms with Gasteiger partial charge in [-0.2, -0.15) is 0 Å². The van der Waals surface area contributed by atoms with Crippen molar-refractivity contribution in [3.63, 3.8) is 0 Å². The number of thioether (sulfide) groups is 1. The van der Waals surface area contributed by atoms with E-state index in [1.54, 1.807) is 12.1 Å². The summed E-state index contributed by atoms with van der Waals surface area (Å²) in [7, 11) is 0. The maximum absolute atomic E-state index is 12.5. The van der Waals surface area contributed by atoms with Gasteiger partial charge in [0.05, 0.1) is 21.8 Å². The van der Waals surface area contributed by atoms with Crippen molar-refractivity contribution in [1.82, 2.24) is 20.1 Å². The van der Waals surface area contributed by atoms with Crippen LogP contribution in [0.1, 0.15) is 56.7 Å². The molecular weight excluding hydrogens is 429 g/mol. The van der Waals surface area contributed by atoms with Crippen LogP contribution in [0, 0.1) is 0 Å². The molecule has 4 rings (SSSR count). The molecule has 1 saturated carbocycles.